The van der Waals surface area contributed by atoms with Crippen LogP contribution in [-0.4, -0.2) is 27.8 Å². The third-order valence-electron chi connectivity index (χ3n) is 8.18. The van der Waals surface area contributed by atoms with Crippen LogP contribution in [0.1, 0.15) is 64.9 Å². The van der Waals surface area contributed by atoms with Crippen molar-refractivity contribution < 1.29 is 9.53 Å². The molecular weight excluding hydrogens is 387 g/mol. The maximum absolute atomic E-state index is 12.6. The van der Waals surface area contributed by atoms with Gasteiger partial charge in [0.15, 0.2) is 0 Å². The molecule has 3 aliphatic carbocycles. The number of rotatable bonds is 4. The molecule has 0 heterocycles. The quantitative estimate of drug-likeness (QED) is 0.610. The second-order valence-corrected chi connectivity index (χ2v) is 12.4. The van der Waals surface area contributed by atoms with E-state index in [4.69, 9.17) is 4.74 Å². The molecule has 3 heteroatoms. The van der Waals surface area contributed by atoms with Crippen molar-refractivity contribution in [3.8, 4) is 0 Å². The average molecular weight is 419 g/mol. The molecule has 142 valence electrons. The van der Waals surface area contributed by atoms with Gasteiger partial charge < -0.3 is 0 Å². The minimum absolute atomic E-state index is 0.0960. The van der Waals surface area contributed by atoms with Gasteiger partial charge in [0.1, 0.15) is 0 Å². The molecule has 3 saturated carbocycles. The molecule has 2 bridgehead atoms. The topological polar surface area (TPSA) is 26.3 Å². The van der Waals surface area contributed by atoms with Crippen LogP contribution >= 0.6 is 0 Å². The van der Waals surface area contributed by atoms with Crippen LogP contribution in [0.4, 0.5) is 0 Å². The number of ether oxygens (including phenoxy) is 1. The number of fused-ring (bicyclic) bond motifs is 2. The fraction of sp³-hybridized carbons (Fsp3) is 0.696. The van der Waals surface area contributed by atoms with Crippen LogP contribution in [0.3, 0.4) is 0 Å². The second kappa shape index (κ2) is 6.47. The predicted octanol–water partition coefficient (Wildman–Crippen LogP) is 5.41. The van der Waals surface area contributed by atoms with Gasteiger partial charge in [-0.15, -0.1) is 0 Å². The summed E-state index contributed by atoms with van der Waals surface area (Å²) in [6, 6.07) is 10.9. The Hall–Kier alpha value is -0.631. The molecule has 4 unspecified atom stereocenters. The molecule has 2 nitrogen and oxygen atoms in total. The zero-order valence-corrected chi connectivity index (χ0v) is 18.3. The van der Waals surface area contributed by atoms with Gasteiger partial charge in [-0.05, 0) is 0 Å². The van der Waals surface area contributed by atoms with Crippen molar-refractivity contribution in [2.45, 2.75) is 74.5 Å². The van der Waals surface area contributed by atoms with Crippen LogP contribution in [0, 0.1) is 16.7 Å². The van der Waals surface area contributed by atoms with E-state index in [1.807, 2.05) is 7.11 Å². The molecule has 1 aromatic carbocycles. The molecule has 26 heavy (non-hydrogen) atoms. The molecule has 0 spiro atoms. The number of methoxy groups -OCH3 is 1. The number of carbonyl (C=O) groups is 1. The molecule has 0 saturated heterocycles. The Balaban J connectivity index is 1.62. The van der Waals surface area contributed by atoms with Crippen molar-refractivity contribution in [3.05, 3.63) is 35.9 Å². The van der Waals surface area contributed by atoms with Gasteiger partial charge in [0.05, 0.1) is 0 Å². The van der Waals surface area contributed by atoms with Crippen LogP contribution < -0.4 is 0 Å². The van der Waals surface area contributed by atoms with Crippen molar-refractivity contribution in [2.75, 3.05) is 7.11 Å². The average Bonchev–Trinajstić information content (AvgIpc) is 2.94. The Bertz CT molecular complexity index is 685. The van der Waals surface area contributed by atoms with Crippen LogP contribution in [0.25, 0.3) is 0 Å². The van der Waals surface area contributed by atoms with Crippen LogP contribution in [0.15, 0.2) is 30.3 Å². The number of Topliss-reactive ketones (excluding diaryl/α,β-unsaturated/α-hetero) is 1. The van der Waals surface area contributed by atoms with E-state index in [0.717, 1.165) is 24.1 Å². The summed E-state index contributed by atoms with van der Waals surface area (Å²) in [6.07, 6.45) is 6.91. The van der Waals surface area contributed by atoms with Crippen molar-refractivity contribution in [2.24, 2.45) is 16.7 Å². The van der Waals surface area contributed by atoms with Crippen molar-refractivity contribution in [1.82, 2.24) is 0 Å². The second-order valence-electron chi connectivity index (χ2n) is 9.36. The fourth-order valence-corrected chi connectivity index (χ4v) is 10.9. The van der Waals surface area contributed by atoms with Crippen LogP contribution in [0.2, 0.25) is 9.63 Å². The summed E-state index contributed by atoms with van der Waals surface area (Å²) in [6.45, 7) is 6.94. The van der Waals surface area contributed by atoms with E-state index in [1.165, 1.54) is 24.8 Å². The SMILES string of the molecule is COC1(c2ccccc2)CCCCC1[Se][C@@H]1CC2(C)C(=O)CC1C2(C)C. The van der Waals surface area contributed by atoms with Gasteiger partial charge >= 0.3 is 165 Å². The summed E-state index contributed by atoms with van der Waals surface area (Å²) < 4.78 is 6.31. The van der Waals surface area contributed by atoms with Gasteiger partial charge in [-0.2, -0.15) is 0 Å². The predicted molar refractivity (Wildman–Crippen MR) is 106 cm³/mol. The normalized spacial score (nSPS) is 41.5. The number of benzene rings is 1. The minimum atomic E-state index is -0.115. The van der Waals surface area contributed by atoms with E-state index < -0.39 is 0 Å². The molecule has 4 rings (SSSR count). The Morgan fingerprint density at radius 2 is 1.85 bits per heavy atom. The molecule has 0 aromatic heterocycles. The van der Waals surface area contributed by atoms with Crippen molar-refractivity contribution >= 4 is 20.7 Å². The first-order valence-electron chi connectivity index (χ1n) is 10.1. The van der Waals surface area contributed by atoms with E-state index in [2.05, 4.69) is 51.1 Å². The molecule has 0 radical (unpaired) electrons. The zero-order valence-electron chi connectivity index (χ0n) is 16.6. The Labute approximate surface area is 164 Å². The monoisotopic (exact) mass is 420 g/mol. The van der Waals surface area contributed by atoms with E-state index in [-0.39, 0.29) is 16.4 Å². The summed E-state index contributed by atoms with van der Waals surface area (Å²) in [5.41, 5.74) is 1.31. The van der Waals surface area contributed by atoms with Crippen LogP contribution in [0.5, 0.6) is 0 Å². The van der Waals surface area contributed by atoms with Gasteiger partial charge in [-0.25, -0.2) is 0 Å². The van der Waals surface area contributed by atoms with Crippen molar-refractivity contribution in [3.63, 3.8) is 0 Å². The van der Waals surface area contributed by atoms with E-state index in [0.29, 0.717) is 31.5 Å². The summed E-state index contributed by atoms with van der Waals surface area (Å²) in [5, 5.41) is 0. The Morgan fingerprint density at radius 1 is 1.12 bits per heavy atom. The Kier molecular flexibility index (Phi) is 4.66. The molecular formula is C23H32O2Se. The first kappa shape index (κ1) is 18.7. The zero-order chi connectivity index (χ0) is 18.6. The van der Waals surface area contributed by atoms with E-state index in [1.54, 1.807) is 0 Å². The first-order valence-corrected chi connectivity index (χ1v) is 12.1. The van der Waals surface area contributed by atoms with Gasteiger partial charge in [-0.3, -0.25) is 0 Å². The Morgan fingerprint density at radius 3 is 2.42 bits per heavy atom. The molecule has 1 aromatic rings. The van der Waals surface area contributed by atoms with Crippen molar-refractivity contribution in [1.29, 1.82) is 0 Å². The van der Waals surface area contributed by atoms with Crippen LogP contribution in [-0.2, 0) is 15.1 Å². The maximum atomic E-state index is 12.6. The van der Waals surface area contributed by atoms with E-state index in [9.17, 15) is 4.79 Å². The van der Waals surface area contributed by atoms with Gasteiger partial charge in [-0.1, -0.05) is 0 Å². The third-order valence-corrected chi connectivity index (χ3v) is 11.9. The standard InChI is InChI=1S/C23H32O2Se/c1-21(2)17-14-19(24)22(21,3)15-18(17)26-20-12-8-9-13-23(20,25-4)16-10-6-5-7-11-16/h5-7,10-11,17-18,20H,8-9,12-15H2,1-4H3/t17?,18-,20?,22?,23?/m1/s1. The molecule has 3 aliphatic rings. The molecule has 5 atom stereocenters. The molecule has 0 aliphatic heterocycles. The number of hydrogen-bond donors (Lipinski definition) is 0. The summed E-state index contributed by atoms with van der Waals surface area (Å²) in [7, 11) is 1.91. The molecule has 0 amide bonds. The molecule has 3 fully saturated rings. The van der Waals surface area contributed by atoms with Gasteiger partial charge in [0.2, 0.25) is 0 Å². The summed E-state index contributed by atoms with van der Waals surface area (Å²) in [5.74, 6) is 1.09. The summed E-state index contributed by atoms with van der Waals surface area (Å²) in [4.78, 5) is 13.9. The number of hydrogen-bond acceptors (Lipinski definition) is 2. The van der Waals surface area contributed by atoms with Gasteiger partial charge in [0, 0.05) is 0 Å². The fourth-order valence-electron chi connectivity index (χ4n) is 6.01. The number of carbonyl (C=O) groups excluding carboxylic acids is 1. The van der Waals surface area contributed by atoms with Gasteiger partial charge in [0.25, 0.3) is 0 Å². The first-order chi connectivity index (χ1) is 12.3. The number of ketones is 1. The third kappa shape index (κ3) is 2.50. The van der Waals surface area contributed by atoms with E-state index >= 15 is 0 Å². The molecule has 0 N–H and O–H groups in total. The summed E-state index contributed by atoms with van der Waals surface area (Å²) >= 11 is 0.507.